The van der Waals surface area contributed by atoms with Gasteiger partial charge in [-0.2, -0.15) is 5.10 Å². The molecule has 0 aliphatic rings. The van der Waals surface area contributed by atoms with Crippen molar-refractivity contribution >= 4 is 28.5 Å². The van der Waals surface area contributed by atoms with Gasteiger partial charge in [-0.3, -0.25) is 0 Å². The third kappa shape index (κ3) is 2.14. The van der Waals surface area contributed by atoms with Gasteiger partial charge in [0, 0.05) is 13.1 Å². The molecule has 0 spiro atoms. The van der Waals surface area contributed by atoms with Crippen LogP contribution in [0.3, 0.4) is 0 Å². The molecule has 0 bridgehead atoms. The number of halogens is 1. The molecule has 1 aromatic rings. The first-order chi connectivity index (χ1) is 5.29. The summed E-state index contributed by atoms with van der Waals surface area (Å²) in [5, 5.41) is 7.23. The third-order valence-electron chi connectivity index (χ3n) is 1.51. The van der Waals surface area contributed by atoms with E-state index in [0.29, 0.717) is 5.69 Å². The number of aromatic nitrogens is 2. The van der Waals surface area contributed by atoms with Gasteiger partial charge in [-0.15, -0.1) is 17.0 Å². The van der Waals surface area contributed by atoms with Gasteiger partial charge in [-0.1, -0.05) is 0 Å². The molecule has 12 heavy (non-hydrogen) atoms. The van der Waals surface area contributed by atoms with Crippen LogP contribution in [-0.2, 0) is 6.54 Å². The van der Waals surface area contributed by atoms with E-state index in [1.165, 1.54) is 0 Å². The molecule has 1 rings (SSSR count). The number of nitrogen functional groups attached to an aromatic ring is 1. The van der Waals surface area contributed by atoms with Crippen molar-refractivity contribution in [3.63, 3.8) is 0 Å². The molecule has 70 valence electrons. The monoisotopic (exact) mass is 234 g/mol. The second-order valence-electron chi connectivity index (χ2n) is 2.29. The number of nitrogens with zero attached hydrogens (tertiary/aromatic N) is 2. The summed E-state index contributed by atoms with van der Waals surface area (Å²) in [5.41, 5.74) is 6.37. The van der Waals surface area contributed by atoms with Crippen LogP contribution >= 0.6 is 17.0 Å². The third-order valence-corrected chi connectivity index (χ3v) is 1.51. The van der Waals surface area contributed by atoms with Crippen molar-refractivity contribution in [3.05, 3.63) is 6.20 Å². The van der Waals surface area contributed by atoms with E-state index in [1.807, 2.05) is 18.5 Å². The van der Waals surface area contributed by atoms with Gasteiger partial charge in [0.2, 0.25) is 0 Å². The van der Waals surface area contributed by atoms with Crippen LogP contribution in [0.4, 0.5) is 11.5 Å². The van der Waals surface area contributed by atoms with Crippen LogP contribution in [0.15, 0.2) is 6.20 Å². The molecule has 0 radical (unpaired) electrons. The molecule has 0 fully saturated rings. The molecule has 1 aromatic heterocycles. The average molecular weight is 235 g/mol. The largest absolute Gasteiger partial charge is 0.394 e. The maximum Gasteiger partial charge on any atom is 0.147 e. The number of hydrogen-bond acceptors (Lipinski definition) is 3. The minimum absolute atomic E-state index is 0. The van der Waals surface area contributed by atoms with Crippen LogP contribution in [0.5, 0.6) is 0 Å². The summed E-state index contributed by atoms with van der Waals surface area (Å²) < 4.78 is 1.85. The molecule has 3 N–H and O–H groups in total. The van der Waals surface area contributed by atoms with E-state index >= 15 is 0 Å². The fourth-order valence-corrected chi connectivity index (χ4v) is 1.00. The minimum Gasteiger partial charge on any atom is -0.394 e. The van der Waals surface area contributed by atoms with E-state index in [1.54, 1.807) is 6.20 Å². The Hall–Kier alpha value is -0.710. The van der Waals surface area contributed by atoms with Gasteiger partial charge in [0.05, 0.1) is 11.9 Å². The van der Waals surface area contributed by atoms with E-state index in [4.69, 9.17) is 5.73 Å². The zero-order chi connectivity index (χ0) is 8.27. The Morgan fingerprint density at radius 1 is 1.58 bits per heavy atom. The van der Waals surface area contributed by atoms with Gasteiger partial charge in [0.15, 0.2) is 0 Å². The molecule has 0 saturated heterocycles. The molecule has 5 heteroatoms. The van der Waals surface area contributed by atoms with Gasteiger partial charge in [-0.05, 0) is 13.8 Å². The fourth-order valence-electron chi connectivity index (χ4n) is 1.00. The molecule has 0 amide bonds. The van der Waals surface area contributed by atoms with E-state index in [0.717, 1.165) is 18.9 Å². The lowest BCUT2D eigenvalue weighted by Crippen LogP contribution is -2.07. The molecule has 0 atom stereocenters. The van der Waals surface area contributed by atoms with Crippen molar-refractivity contribution in [1.29, 1.82) is 0 Å². The number of nitrogens with one attached hydrogen (secondary N) is 1. The Morgan fingerprint density at radius 2 is 2.25 bits per heavy atom. The van der Waals surface area contributed by atoms with Gasteiger partial charge in [0.1, 0.15) is 5.82 Å². The summed E-state index contributed by atoms with van der Waals surface area (Å²) in [6.45, 7) is 5.79. The fraction of sp³-hybridized carbons (Fsp3) is 0.571. The second kappa shape index (κ2) is 5.03. The molecule has 4 nitrogen and oxygen atoms in total. The van der Waals surface area contributed by atoms with Gasteiger partial charge in [0.25, 0.3) is 0 Å². The zero-order valence-electron chi connectivity index (χ0n) is 7.37. The summed E-state index contributed by atoms with van der Waals surface area (Å²) in [4.78, 5) is 0. The van der Waals surface area contributed by atoms with Crippen LogP contribution in [0, 0.1) is 0 Å². The molecule has 0 aromatic carbocycles. The van der Waals surface area contributed by atoms with Crippen molar-refractivity contribution in [2.75, 3.05) is 17.6 Å². The molecule has 0 unspecified atom stereocenters. The molecule has 0 aliphatic heterocycles. The van der Waals surface area contributed by atoms with Gasteiger partial charge in [-0.25, -0.2) is 4.68 Å². The molecular weight excluding hydrogens is 220 g/mol. The molecule has 0 aliphatic carbocycles. The summed E-state index contributed by atoms with van der Waals surface area (Å²) in [5.74, 6) is 0.926. The van der Waals surface area contributed by atoms with Crippen LogP contribution in [0.2, 0.25) is 0 Å². The number of anilines is 2. The summed E-state index contributed by atoms with van der Waals surface area (Å²) >= 11 is 0. The normalized spacial score (nSPS) is 9.17. The van der Waals surface area contributed by atoms with E-state index in [2.05, 4.69) is 10.4 Å². The summed E-state index contributed by atoms with van der Waals surface area (Å²) in [6.07, 6.45) is 1.67. The summed E-state index contributed by atoms with van der Waals surface area (Å²) in [7, 11) is 0. The molecular formula is C7H15BrN4. The van der Waals surface area contributed by atoms with Gasteiger partial charge >= 0.3 is 0 Å². The Balaban J connectivity index is 0.00000121. The van der Waals surface area contributed by atoms with Crippen LogP contribution in [0.25, 0.3) is 0 Å². The lowest BCUT2D eigenvalue weighted by atomic mass is 10.5. The quantitative estimate of drug-likeness (QED) is 0.834. The highest BCUT2D eigenvalue weighted by Gasteiger charge is 2.03. The highest BCUT2D eigenvalue weighted by molar-refractivity contribution is 8.93. The van der Waals surface area contributed by atoms with E-state index in [9.17, 15) is 0 Å². The number of nitrogens with two attached hydrogens (primary N) is 1. The Bertz CT molecular complexity index is 233. The van der Waals surface area contributed by atoms with Crippen LogP contribution in [0.1, 0.15) is 13.8 Å². The highest BCUT2D eigenvalue weighted by atomic mass is 79.9. The maximum atomic E-state index is 5.66. The first-order valence-electron chi connectivity index (χ1n) is 3.84. The number of rotatable bonds is 3. The van der Waals surface area contributed by atoms with Crippen molar-refractivity contribution < 1.29 is 0 Å². The van der Waals surface area contributed by atoms with Crippen molar-refractivity contribution in [2.45, 2.75) is 20.4 Å². The van der Waals surface area contributed by atoms with Crippen molar-refractivity contribution in [2.24, 2.45) is 0 Å². The van der Waals surface area contributed by atoms with Crippen LogP contribution < -0.4 is 11.1 Å². The Kier molecular flexibility index (Phi) is 4.73. The topological polar surface area (TPSA) is 55.9 Å². The Morgan fingerprint density at radius 3 is 2.75 bits per heavy atom. The van der Waals surface area contributed by atoms with E-state index in [-0.39, 0.29) is 17.0 Å². The first kappa shape index (κ1) is 11.3. The maximum absolute atomic E-state index is 5.66. The Labute approximate surface area is 82.9 Å². The predicted octanol–water partition coefficient (Wildman–Crippen LogP) is 1.49. The van der Waals surface area contributed by atoms with Crippen LogP contribution in [-0.4, -0.2) is 16.3 Å². The van der Waals surface area contributed by atoms with Crippen molar-refractivity contribution in [1.82, 2.24) is 9.78 Å². The lowest BCUT2D eigenvalue weighted by Gasteiger charge is -2.05. The van der Waals surface area contributed by atoms with Gasteiger partial charge < -0.3 is 11.1 Å². The summed E-state index contributed by atoms with van der Waals surface area (Å²) in [6, 6.07) is 0. The lowest BCUT2D eigenvalue weighted by molar-refractivity contribution is 0.665. The van der Waals surface area contributed by atoms with E-state index < -0.39 is 0 Å². The number of hydrogen-bond donors (Lipinski definition) is 2. The highest BCUT2D eigenvalue weighted by Crippen LogP contribution is 2.16. The first-order valence-corrected chi connectivity index (χ1v) is 3.84. The SMILES string of the molecule is Br.CCNc1c(N)cnn1CC. The molecule has 1 heterocycles. The second-order valence-corrected chi connectivity index (χ2v) is 2.29. The standard InChI is InChI=1S/C7H14N4.BrH/c1-3-9-7-6(8)5-10-11(7)4-2;/h5,9H,3-4,8H2,1-2H3;1H. The average Bonchev–Trinajstić information content (AvgIpc) is 2.34. The smallest absolute Gasteiger partial charge is 0.147 e. The zero-order valence-corrected chi connectivity index (χ0v) is 9.08. The number of aryl methyl sites for hydroxylation is 1. The van der Waals surface area contributed by atoms with Crippen molar-refractivity contribution in [3.8, 4) is 0 Å². The predicted molar refractivity (Wildman–Crippen MR) is 56.8 cm³/mol. The minimum atomic E-state index is 0. The molecule has 0 saturated carbocycles.